The van der Waals surface area contributed by atoms with Crippen LogP contribution in [-0.4, -0.2) is 41.4 Å². The Kier molecular flexibility index (Phi) is 7.41. The van der Waals surface area contributed by atoms with Crippen LogP contribution in [0.2, 0.25) is 0 Å². The molecule has 0 aromatic carbocycles. The number of amides is 1. The number of hydrogen-bond donors (Lipinski definition) is 3. The van der Waals surface area contributed by atoms with Crippen LogP contribution in [0.1, 0.15) is 46.5 Å². The van der Waals surface area contributed by atoms with Gasteiger partial charge in [0, 0.05) is 18.9 Å². The molecule has 0 saturated heterocycles. The summed E-state index contributed by atoms with van der Waals surface area (Å²) in [5, 5.41) is 13.7. The van der Waals surface area contributed by atoms with Crippen LogP contribution in [0, 0.1) is 5.92 Å². The molecule has 0 aromatic rings. The van der Waals surface area contributed by atoms with Crippen LogP contribution in [0.25, 0.3) is 0 Å². The van der Waals surface area contributed by atoms with Crippen molar-refractivity contribution in [1.82, 2.24) is 5.32 Å². The minimum absolute atomic E-state index is 0.0644. The third kappa shape index (κ3) is 5.27. The first kappa shape index (κ1) is 19.9. The minimum Gasteiger partial charge on any atom is -0.388 e. The van der Waals surface area contributed by atoms with Gasteiger partial charge in [0.05, 0.1) is 24.4 Å². The van der Waals surface area contributed by atoms with Crippen molar-refractivity contribution >= 4 is 5.91 Å². The van der Waals surface area contributed by atoms with Gasteiger partial charge in [0.1, 0.15) is 0 Å². The van der Waals surface area contributed by atoms with E-state index in [0.29, 0.717) is 6.42 Å². The Bertz CT molecular complexity index is 537. The fourth-order valence-corrected chi connectivity index (χ4v) is 3.60. The number of nitrogens with two attached hydrogens (primary N) is 1. The number of carbonyl (C=O) groups excluding carboxylic acids is 1. The van der Waals surface area contributed by atoms with Gasteiger partial charge in [0.2, 0.25) is 5.91 Å². The summed E-state index contributed by atoms with van der Waals surface area (Å²) in [4.78, 5) is 11.6. The Morgan fingerprint density at radius 1 is 1.40 bits per heavy atom. The Morgan fingerprint density at radius 2 is 2.12 bits per heavy atom. The lowest BCUT2D eigenvalue weighted by atomic mass is 9.81. The predicted molar refractivity (Wildman–Crippen MR) is 99.9 cm³/mol. The first-order valence-corrected chi connectivity index (χ1v) is 9.36. The van der Waals surface area contributed by atoms with Gasteiger partial charge in [-0.3, -0.25) is 4.79 Å². The molecule has 5 atom stereocenters. The van der Waals surface area contributed by atoms with Crippen molar-refractivity contribution in [3.8, 4) is 0 Å². The highest BCUT2D eigenvalue weighted by Crippen LogP contribution is 2.30. The van der Waals surface area contributed by atoms with Gasteiger partial charge in [0.25, 0.3) is 0 Å². The van der Waals surface area contributed by atoms with Gasteiger partial charge in [-0.2, -0.15) is 0 Å². The maximum Gasteiger partial charge on any atom is 0.217 e. The molecule has 2 aliphatic carbocycles. The van der Waals surface area contributed by atoms with Gasteiger partial charge < -0.3 is 20.9 Å². The monoisotopic (exact) mass is 348 g/mol. The van der Waals surface area contributed by atoms with Crippen LogP contribution in [0.3, 0.4) is 0 Å². The summed E-state index contributed by atoms with van der Waals surface area (Å²) in [5.74, 6) is -0.0501. The van der Waals surface area contributed by atoms with Crippen LogP contribution < -0.4 is 11.1 Å². The third-order valence-corrected chi connectivity index (χ3v) is 5.09. The Morgan fingerprint density at radius 3 is 2.68 bits per heavy atom. The smallest absolute Gasteiger partial charge is 0.217 e. The molecule has 0 spiro atoms. The summed E-state index contributed by atoms with van der Waals surface area (Å²) < 4.78 is 6.23. The van der Waals surface area contributed by atoms with E-state index >= 15 is 0 Å². The molecular formula is C20H32N2O3. The predicted octanol–water partition coefficient (Wildman–Crippen LogP) is 2.22. The number of nitrogens with one attached hydrogen (secondary N) is 1. The standard InChI is InChI=1S/C20H32N2O3/c1-4-16(5-2)25-18-12-15(11-17(21)19(18)22-13(3)23)20(24)14-9-7-6-8-10-14/h6-9,12,14,16-20,24H,4-5,10-11,21H2,1-3H3,(H,22,23)/t14?,17-,18+,19+,20?/m0/s1. The second-order valence-corrected chi connectivity index (χ2v) is 7.03. The van der Waals surface area contributed by atoms with Crippen molar-refractivity contribution in [2.45, 2.75) is 76.9 Å². The van der Waals surface area contributed by atoms with Gasteiger partial charge in [-0.25, -0.2) is 0 Å². The molecule has 0 saturated carbocycles. The van der Waals surface area contributed by atoms with Gasteiger partial charge >= 0.3 is 0 Å². The molecule has 5 heteroatoms. The highest BCUT2D eigenvalue weighted by molar-refractivity contribution is 5.73. The van der Waals surface area contributed by atoms with Crippen LogP contribution in [0.5, 0.6) is 0 Å². The maximum absolute atomic E-state index is 11.6. The van der Waals surface area contributed by atoms with Gasteiger partial charge in [-0.1, -0.05) is 44.2 Å². The van der Waals surface area contributed by atoms with E-state index in [1.807, 2.05) is 24.3 Å². The van der Waals surface area contributed by atoms with E-state index in [2.05, 4.69) is 25.2 Å². The average molecular weight is 348 g/mol. The number of rotatable bonds is 7. The molecule has 2 aliphatic rings. The van der Waals surface area contributed by atoms with E-state index in [9.17, 15) is 9.90 Å². The fourth-order valence-electron chi connectivity index (χ4n) is 3.60. The van der Waals surface area contributed by atoms with Crippen molar-refractivity contribution < 1.29 is 14.6 Å². The third-order valence-electron chi connectivity index (χ3n) is 5.09. The molecule has 0 radical (unpaired) electrons. The molecule has 1 amide bonds. The Balaban J connectivity index is 2.21. The molecule has 0 aromatic heterocycles. The topological polar surface area (TPSA) is 84.6 Å². The van der Waals surface area contributed by atoms with Crippen molar-refractivity contribution in [3.05, 3.63) is 36.0 Å². The van der Waals surface area contributed by atoms with E-state index in [0.717, 1.165) is 24.8 Å². The van der Waals surface area contributed by atoms with Gasteiger partial charge in [-0.05, 0) is 31.3 Å². The van der Waals surface area contributed by atoms with Crippen LogP contribution in [0.15, 0.2) is 36.0 Å². The zero-order valence-corrected chi connectivity index (χ0v) is 15.5. The van der Waals surface area contributed by atoms with E-state index in [1.54, 1.807) is 0 Å². The molecule has 140 valence electrons. The van der Waals surface area contributed by atoms with Gasteiger partial charge in [0.15, 0.2) is 0 Å². The van der Waals surface area contributed by atoms with Crippen molar-refractivity contribution in [2.75, 3.05) is 0 Å². The van der Waals surface area contributed by atoms with E-state index in [4.69, 9.17) is 10.5 Å². The second-order valence-electron chi connectivity index (χ2n) is 7.03. The van der Waals surface area contributed by atoms with Crippen molar-refractivity contribution in [3.63, 3.8) is 0 Å². The number of aliphatic hydroxyl groups is 1. The summed E-state index contributed by atoms with van der Waals surface area (Å²) in [5.41, 5.74) is 7.27. The first-order chi connectivity index (χ1) is 12.0. The number of allylic oxidation sites excluding steroid dienone is 3. The summed E-state index contributed by atoms with van der Waals surface area (Å²) in [6, 6.07) is -0.545. The molecule has 0 bridgehead atoms. The number of aliphatic hydroxyl groups excluding tert-OH is 1. The molecule has 4 N–H and O–H groups in total. The Hall–Kier alpha value is -1.43. The molecule has 5 nitrogen and oxygen atoms in total. The second kappa shape index (κ2) is 9.32. The van der Waals surface area contributed by atoms with Crippen LogP contribution in [0.4, 0.5) is 0 Å². The molecule has 2 rings (SSSR count). The zero-order valence-electron chi connectivity index (χ0n) is 15.5. The first-order valence-electron chi connectivity index (χ1n) is 9.36. The number of ether oxygens (including phenoxy) is 1. The maximum atomic E-state index is 11.6. The highest BCUT2D eigenvalue weighted by Gasteiger charge is 2.36. The number of hydrogen-bond acceptors (Lipinski definition) is 4. The normalized spacial score (nSPS) is 30.2. The summed E-state index contributed by atoms with van der Waals surface area (Å²) >= 11 is 0. The molecular weight excluding hydrogens is 316 g/mol. The van der Waals surface area contributed by atoms with E-state index in [-0.39, 0.29) is 36.1 Å². The van der Waals surface area contributed by atoms with Crippen molar-refractivity contribution in [2.24, 2.45) is 11.7 Å². The van der Waals surface area contributed by atoms with Crippen LogP contribution >= 0.6 is 0 Å². The SMILES string of the molecule is CCC(CC)O[C@@H]1C=C(C(O)C2C=CC=CC2)C[C@H](N)[C@H]1NC(C)=O. The Labute approximate surface area is 151 Å². The highest BCUT2D eigenvalue weighted by atomic mass is 16.5. The minimum atomic E-state index is -0.571. The molecule has 0 aliphatic heterocycles. The van der Waals surface area contributed by atoms with Crippen molar-refractivity contribution in [1.29, 1.82) is 0 Å². The quantitative estimate of drug-likeness (QED) is 0.616. The van der Waals surface area contributed by atoms with Gasteiger partial charge in [-0.15, -0.1) is 0 Å². The lowest BCUT2D eigenvalue weighted by Gasteiger charge is -2.39. The fraction of sp³-hybridized carbons (Fsp3) is 0.650. The molecule has 0 fully saturated rings. The van der Waals surface area contributed by atoms with E-state index in [1.165, 1.54) is 6.92 Å². The van der Waals surface area contributed by atoms with E-state index < -0.39 is 6.10 Å². The molecule has 25 heavy (non-hydrogen) atoms. The summed E-state index contributed by atoms with van der Waals surface area (Å²) in [6.07, 6.45) is 12.5. The average Bonchev–Trinajstić information content (AvgIpc) is 2.61. The molecule has 0 heterocycles. The lowest BCUT2D eigenvalue weighted by molar-refractivity contribution is -0.121. The summed E-state index contributed by atoms with van der Waals surface area (Å²) in [7, 11) is 0. The largest absolute Gasteiger partial charge is 0.388 e. The molecule has 2 unspecified atom stereocenters. The van der Waals surface area contributed by atoms with Crippen LogP contribution in [-0.2, 0) is 9.53 Å². The zero-order chi connectivity index (χ0) is 18.4. The summed E-state index contributed by atoms with van der Waals surface area (Å²) in [6.45, 7) is 5.67. The number of carbonyl (C=O) groups is 1. The lowest BCUT2D eigenvalue weighted by Crippen LogP contribution is -2.57.